The number of unbranched alkanes of at least 4 members (excludes halogenated alkanes) is 2. The van der Waals surface area contributed by atoms with Crippen LogP contribution in [0.5, 0.6) is 11.6 Å². The summed E-state index contributed by atoms with van der Waals surface area (Å²) in [6.45, 7) is 5.55. The number of hydrogen-bond donors (Lipinski definition) is 0. The van der Waals surface area contributed by atoms with E-state index in [1.165, 1.54) is 24.8 Å². The largest absolute Gasteiger partial charge is 0.494 e. The number of benzene rings is 2. The lowest BCUT2D eigenvalue weighted by molar-refractivity contribution is 0.292. The summed E-state index contributed by atoms with van der Waals surface area (Å²) in [5.74, 6) is 1.41. The molecule has 0 aliphatic rings. The van der Waals surface area contributed by atoms with Crippen LogP contribution in [0.2, 0.25) is 0 Å². The van der Waals surface area contributed by atoms with E-state index in [4.69, 9.17) is 9.47 Å². The molecule has 0 fully saturated rings. The van der Waals surface area contributed by atoms with Gasteiger partial charge in [0.1, 0.15) is 12.4 Å². The quantitative estimate of drug-likeness (QED) is 0.363. The van der Waals surface area contributed by atoms with Crippen LogP contribution >= 0.6 is 0 Å². The first-order valence-electron chi connectivity index (χ1n) is 10.5. The van der Waals surface area contributed by atoms with Crippen molar-refractivity contribution in [2.24, 2.45) is 0 Å². The van der Waals surface area contributed by atoms with E-state index in [2.05, 4.69) is 48.1 Å². The maximum Gasteiger partial charge on any atom is 0.232 e. The number of aromatic nitrogens is 2. The molecule has 4 nitrogen and oxygen atoms in total. The fourth-order valence-corrected chi connectivity index (χ4v) is 3.02. The molecule has 4 heteroatoms. The Balaban J connectivity index is 1.51. The predicted molar refractivity (Wildman–Crippen MR) is 117 cm³/mol. The average molecular weight is 391 g/mol. The molecule has 3 aromatic rings. The van der Waals surface area contributed by atoms with Gasteiger partial charge >= 0.3 is 0 Å². The molecule has 0 saturated carbocycles. The fourth-order valence-electron chi connectivity index (χ4n) is 3.02. The predicted octanol–water partition coefficient (Wildman–Crippen LogP) is 6.24. The van der Waals surface area contributed by atoms with Crippen LogP contribution in [0.3, 0.4) is 0 Å². The van der Waals surface area contributed by atoms with Crippen molar-refractivity contribution in [2.75, 3.05) is 6.61 Å². The topological polar surface area (TPSA) is 44.2 Å². The van der Waals surface area contributed by atoms with Gasteiger partial charge in [0.15, 0.2) is 0 Å². The van der Waals surface area contributed by atoms with E-state index < -0.39 is 0 Å². The molecule has 29 heavy (non-hydrogen) atoms. The van der Waals surface area contributed by atoms with Crippen LogP contribution in [0.25, 0.3) is 11.3 Å². The third kappa shape index (κ3) is 6.60. The lowest BCUT2D eigenvalue weighted by Crippen LogP contribution is -1.99. The van der Waals surface area contributed by atoms with E-state index in [0.717, 1.165) is 42.0 Å². The Kier molecular flexibility index (Phi) is 8.05. The van der Waals surface area contributed by atoms with Crippen LogP contribution < -0.4 is 9.47 Å². The second kappa shape index (κ2) is 11.2. The van der Waals surface area contributed by atoms with Gasteiger partial charge in [0.05, 0.1) is 24.7 Å². The van der Waals surface area contributed by atoms with Crippen molar-refractivity contribution in [3.05, 3.63) is 72.1 Å². The molecule has 0 aliphatic carbocycles. The lowest BCUT2D eigenvalue weighted by atomic mass is 10.1. The van der Waals surface area contributed by atoms with Gasteiger partial charge in [-0.15, -0.1) is 0 Å². The Hall–Kier alpha value is -2.88. The van der Waals surface area contributed by atoms with Crippen LogP contribution in [0, 0.1) is 0 Å². The maximum atomic E-state index is 5.79. The van der Waals surface area contributed by atoms with E-state index in [0.29, 0.717) is 12.5 Å². The van der Waals surface area contributed by atoms with Crippen LogP contribution in [-0.4, -0.2) is 16.6 Å². The maximum absolute atomic E-state index is 5.79. The number of hydrogen-bond acceptors (Lipinski definition) is 4. The molecule has 0 radical (unpaired) electrons. The zero-order valence-electron chi connectivity index (χ0n) is 17.4. The Morgan fingerprint density at radius 3 is 2.14 bits per heavy atom. The third-order valence-electron chi connectivity index (χ3n) is 4.73. The second-order valence-electron chi connectivity index (χ2n) is 7.17. The highest BCUT2D eigenvalue weighted by Crippen LogP contribution is 2.21. The molecule has 0 unspecified atom stereocenters. The monoisotopic (exact) mass is 390 g/mol. The number of nitrogens with zero attached hydrogens (tertiary/aromatic N) is 2. The normalized spacial score (nSPS) is 10.7. The summed E-state index contributed by atoms with van der Waals surface area (Å²) in [7, 11) is 0. The van der Waals surface area contributed by atoms with Crippen molar-refractivity contribution in [1.82, 2.24) is 9.97 Å². The summed E-state index contributed by atoms with van der Waals surface area (Å²) < 4.78 is 11.4. The summed E-state index contributed by atoms with van der Waals surface area (Å²) >= 11 is 0. The molecule has 0 atom stereocenters. The molecule has 0 spiro atoms. The minimum absolute atomic E-state index is 0.493. The standard InChI is InChI=1S/C25H30N2O2/c1-3-5-6-7-20-8-10-21(11-9-20)19-29-25-18-26-24(17-27-25)22-12-14-23(15-13-22)28-16-4-2/h8-15,17-18H,3-7,16,19H2,1-2H3. The van der Waals surface area contributed by atoms with E-state index in [1.54, 1.807) is 12.4 Å². The van der Waals surface area contributed by atoms with Gasteiger partial charge in [0.2, 0.25) is 5.88 Å². The first-order valence-corrected chi connectivity index (χ1v) is 10.5. The highest BCUT2D eigenvalue weighted by atomic mass is 16.5. The molecule has 152 valence electrons. The van der Waals surface area contributed by atoms with Gasteiger partial charge in [-0.2, -0.15) is 0 Å². The molecule has 1 aromatic heterocycles. The molecular formula is C25H30N2O2. The molecule has 0 bridgehead atoms. The summed E-state index contributed by atoms with van der Waals surface area (Å²) in [5.41, 5.74) is 4.35. The van der Waals surface area contributed by atoms with Crippen LogP contribution in [-0.2, 0) is 13.0 Å². The smallest absolute Gasteiger partial charge is 0.232 e. The zero-order valence-corrected chi connectivity index (χ0v) is 17.4. The SMILES string of the molecule is CCCCCc1ccc(COc2cnc(-c3ccc(OCCC)cc3)cn2)cc1. The fraction of sp³-hybridized carbons (Fsp3) is 0.360. The van der Waals surface area contributed by atoms with Crippen LogP contribution in [0.4, 0.5) is 0 Å². The van der Waals surface area contributed by atoms with Crippen molar-refractivity contribution in [3.63, 3.8) is 0 Å². The molecule has 3 rings (SSSR count). The molecule has 0 aliphatic heterocycles. The van der Waals surface area contributed by atoms with Crippen molar-refractivity contribution in [3.8, 4) is 22.9 Å². The van der Waals surface area contributed by atoms with Crippen LogP contribution in [0.15, 0.2) is 60.9 Å². The molecule has 0 N–H and O–H groups in total. The number of rotatable bonds is 11. The Labute approximate surface area is 173 Å². The van der Waals surface area contributed by atoms with Crippen molar-refractivity contribution in [2.45, 2.75) is 52.6 Å². The van der Waals surface area contributed by atoms with Crippen LogP contribution in [0.1, 0.15) is 50.7 Å². The van der Waals surface area contributed by atoms with Gasteiger partial charge < -0.3 is 9.47 Å². The Morgan fingerprint density at radius 2 is 1.48 bits per heavy atom. The van der Waals surface area contributed by atoms with E-state index in [1.807, 2.05) is 24.3 Å². The third-order valence-corrected chi connectivity index (χ3v) is 4.73. The van der Waals surface area contributed by atoms with E-state index in [9.17, 15) is 0 Å². The summed E-state index contributed by atoms with van der Waals surface area (Å²) in [6.07, 6.45) is 9.36. The summed E-state index contributed by atoms with van der Waals surface area (Å²) in [5, 5.41) is 0. The van der Waals surface area contributed by atoms with Gasteiger partial charge in [-0.3, -0.25) is 0 Å². The number of ether oxygens (including phenoxy) is 2. The molecule has 1 heterocycles. The Bertz CT molecular complexity index is 844. The highest BCUT2D eigenvalue weighted by Gasteiger charge is 2.04. The minimum atomic E-state index is 0.493. The van der Waals surface area contributed by atoms with Gasteiger partial charge in [-0.1, -0.05) is 51.0 Å². The lowest BCUT2D eigenvalue weighted by Gasteiger charge is -2.08. The van der Waals surface area contributed by atoms with Gasteiger partial charge in [-0.25, -0.2) is 9.97 Å². The second-order valence-corrected chi connectivity index (χ2v) is 7.17. The number of aryl methyl sites for hydroxylation is 1. The van der Waals surface area contributed by atoms with E-state index >= 15 is 0 Å². The van der Waals surface area contributed by atoms with Gasteiger partial charge in [-0.05, 0) is 54.7 Å². The minimum Gasteiger partial charge on any atom is -0.494 e. The Morgan fingerprint density at radius 1 is 0.724 bits per heavy atom. The molecule has 0 saturated heterocycles. The molecular weight excluding hydrogens is 360 g/mol. The van der Waals surface area contributed by atoms with E-state index in [-0.39, 0.29) is 0 Å². The summed E-state index contributed by atoms with van der Waals surface area (Å²) in [4.78, 5) is 8.87. The van der Waals surface area contributed by atoms with Crippen molar-refractivity contribution >= 4 is 0 Å². The van der Waals surface area contributed by atoms with Crippen molar-refractivity contribution in [1.29, 1.82) is 0 Å². The van der Waals surface area contributed by atoms with Gasteiger partial charge in [0, 0.05) is 5.56 Å². The molecule has 0 amide bonds. The summed E-state index contributed by atoms with van der Waals surface area (Å²) in [6, 6.07) is 16.6. The first-order chi connectivity index (χ1) is 14.3. The van der Waals surface area contributed by atoms with Gasteiger partial charge in [0.25, 0.3) is 0 Å². The highest BCUT2D eigenvalue weighted by molar-refractivity contribution is 5.59. The zero-order chi connectivity index (χ0) is 20.3. The average Bonchev–Trinajstić information content (AvgIpc) is 2.78. The molecule has 2 aromatic carbocycles. The van der Waals surface area contributed by atoms with Crippen molar-refractivity contribution < 1.29 is 9.47 Å². The first kappa shape index (κ1) is 20.8.